The van der Waals surface area contributed by atoms with Crippen LogP contribution in [-0.4, -0.2) is 74.4 Å². The highest BCUT2D eigenvalue weighted by atomic mass is 16.5. The molecule has 192 valence electrons. The predicted molar refractivity (Wildman–Crippen MR) is 150 cm³/mol. The summed E-state index contributed by atoms with van der Waals surface area (Å²) in [6.45, 7) is 7.12. The molecule has 4 rings (SSSR count). The molecule has 1 amide bonds. The molecule has 0 atom stereocenters. The van der Waals surface area contributed by atoms with Crippen LogP contribution >= 0.6 is 0 Å². The number of hydrogen-bond acceptors (Lipinski definition) is 9. The number of carbonyl (C=O) groups is 1. The molecule has 10 heteroatoms. The van der Waals surface area contributed by atoms with Gasteiger partial charge >= 0.3 is 0 Å². The average Bonchev–Trinajstić information content (AvgIpc) is 2.93. The molecule has 4 N–H and O–H groups in total. The van der Waals surface area contributed by atoms with Crippen molar-refractivity contribution < 1.29 is 9.53 Å². The molecule has 0 bridgehead atoms. The Morgan fingerprint density at radius 3 is 2.54 bits per heavy atom. The fourth-order valence-corrected chi connectivity index (χ4v) is 4.21. The zero-order valence-electron chi connectivity index (χ0n) is 21.3. The summed E-state index contributed by atoms with van der Waals surface area (Å²) < 4.78 is 5.72. The first-order chi connectivity index (χ1) is 17.9. The lowest BCUT2D eigenvalue weighted by molar-refractivity contribution is -0.111. The lowest BCUT2D eigenvalue weighted by Crippen LogP contribution is -2.44. The second-order valence-corrected chi connectivity index (χ2v) is 8.66. The number of anilines is 5. The molecular formula is C27H32N8O2. The number of likely N-dealkylation sites (N-methyl/N-ethyl adjacent to an activating group) is 1. The van der Waals surface area contributed by atoms with E-state index in [-0.39, 0.29) is 5.91 Å². The van der Waals surface area contributed by atoms with Crippen molar-refractivity contribution in [3.63, 3.8) is 0 Å². The Hall–Kier alpha value is -4.44. The van der Waals surface area contributed by atoms with E-state index in [0.29, 0.717) is 22.9 Å². The fourth-order valence-electron chi connectivity index (χ4n) is 4.21. The lowest BCUT2D eigenvalue weighted by atomic mass is 10.1. The number of aromatic nitrogens is 2. The minimum atomic E-state index is -0.287. The van der Waals surface area contributed by atoms with E-state index < -0.39 is 0 Å². The van der Waals surface area contributed by atoms with Crippen molar-refractivity contribution in [2.45, 2.75) is 0 Å². The van der Waals surface area contributed by atoms with Crippen LogP contribution in [0, 0.1) is 5.41 Å². The van der Waals surface area contributed by atoms with Crippen molar-refractivity contribution >= 4 is 40.7 Å². The van der Waals surface area contributed by atoms with Gasteiger partial charge in [-0.2, -0.15) is 0 Å². The Balaban J connectivity index is 1.68. The van der Waals surface area contributed by atoms with E-state index in [4.69, 9.17) is 10.1 Å². The van der Waals surface area contributed by atoms with Crippen LogP contribution in [0.4, 0.5) is 28.6 Å². The van der Waals surface area contributed by atoms with Gasteiger partial charge in [-0.3, -0.25) is 4.79 Å². The molecule has 1 aromatic heterocycles. The standard InChI is InChI=1S/C27H32N8O2/c1-5-27(36)33-22-13-23(25(37-4)15-24(22)35-10-8-34(3)9-11-35)32-26-14-21(30-17-31-26)18-6-7-19(16-28)20(12-18)29-2/h5-7,12-17,28-29H,1,8-11H2,2-4H3,(H,33,36)(H,30,31,32). The van der Waals surface area contributed by atoms with Gasteiger partial charge in [0, 0.05) is 68.4 Å². The van der Waals surface area contributed by atoms with Crippen LogP contribution in [0.15, 0.2) is 55.4 Å². The maximum atomic E-state index is 12.2. The molecule has 37 heavy (non-hydrogen) atoms. The Bertz CT molecular complexity index is 1300. The topological polar surface area (TPSA) is 118 Å². The maximum Gasteiger partial charge on any atom is 0.247 e. The molecule has 1 fully saturated rings. The monoisotopic (exact) mass is 500 g/mol. The molecule has 2 heterocycles. The van der Waals surface area contributed by atoms with E-state index in [1.165, 1.54) is 18.6 Å². The first kappa shape index (κ1) is 25.6. The number of nitrogens with zero attached hydrogens (tertiary/aromatic N) is 4. The Morgan fingerprint density at radius 1 is 1.08 bits per heavy atom. The van der Waals surface area contributed by atoms with Crippen molar-refractivity contribution in [2.75, 3.05) is 68.2 Å². The molecule has 0 radical (unpaired) electrons. The number of hydrogen-bond donors (Lipinski definition) is 4. The molecule has 0 unspecified atom stereocenters. The Kier molecular flexibility index (Phi) is 7.99. The number of benzene rings is 2. The predicted octanol–water partition coefficient (Wildman–Crippen LogP) is 3.81. The molecule has 0 aliphatic carbocycles. The van der Waals surface area contributed by atoms with E-state index in [9.17, 15) is 4.79 Å². The van der Waals surface area contributed by atoms with E-state index in [1.54, 1.807) is 7.11 Å². The summed E-state index contributed by atoms with van der Waals surface area (Å²) in [4.78, 5) is 25.6. The lowest BCUT2D eigenvalue weighted by Gasteiger charge is -2.35. The van der Waals surface area contributed by atoms with Crippen LogP contribution in [0.2, 0.25) is 0 Å². The number of piperazine rings is 1. The van der Waals surface area contributed by atoms with Gasteiger partial charge in [0.2, 0.25) is 5.91 Å². The summed E-state index contributed by atoms with van der Waals surface area (Å²) >= 11 is 0. The van der Waals surface area contributed by atoms with Crippen LogP contribution in [0.25, 0.3) is 11.3 Å². The number of nitrogens with one attached hydrogen (secondary N) is 4. The molecule has 0 spiro atoms. The van der Waals surface area contributed by atoms with E-state index in [2.05, 4.69) is 49.3 Å². The number of methoxy groups -OCH3 is 1. The normalized spacial score (nSPS) is 13.5. The van der Waals surface area contributed by atoms with Crippen LogP contribution in [0.1, 0.15) is 5.56 Å². The largest absolute Gasteiger partial charge is 0.494 e. The highest BCUT2D eigenvalue weighted by molar-refractivity contribution is 6.02. The van der Waals surface area contributed by atoms with Crippen molar-refractivity contribution in [1.29, 1.82) is 5.41 Å². The van der Waals surface area contributed by atoms with E-state index in [0.717, 1.165) is 54.4 Å². The zero-order chi connectivity index (χ0) is 26.4. The zero-order valence-corrected chi connectivity index (χ0v) is 21.3. The van der Waals surface area contributed by atoms with Gasteiger partial charge in [0.25, 0.3) is 0 Å². The highest BCUT2D eigenvalue weighted by Gasteiger charge is 2.21. The van der Waals surface area contributed by atoms with Crippen LogP contribution in [-0.2, 0) is 4.79 Å². The molecule has 3 aromatic rings. The van der Waals surface area contributed by atoms with Gasteiger partial charge < -0.3 is 35.9 Å². The van der Waals surface area contributed by atoms with Gasteiger partial charge in [-0.25, -0.2) is 9.97 Å². The van der Waals surface area contributed by atoms with Crippen molar-refractivity contribution in [2.24, 2.45) is 0 Å². The summed E-state index contributed by atoms with van der Waals surface area (Å²) in [5.74, 6) is 0.904. The van der Waals surface area contributed by atoms with E-state index in [1.807, 2.05) is 43.4 Å². The highest BCUT2D eigenvalue weighted by Crippen LogP contribution is 2.39. The summed E-state index contributed by atoms with van der Waals surface area (Å²) in [6.07, 6.45) is 4.06. The minimum absolute atomic E-state index is 0.287. The van der Waals surface area contributed by atoms with Gasteiger partial charge in [0.15, 0.2) is 0 Å². The van der Waals surface area contributed by atoms with Crippen molar-refractivity contribution in [3.05, 3.63) is 60.9 Å². The third-order valence-electron chi connectivity index (χ3n) is 6.31. The smallest absolute Gasteiger partial charge is 0.247 e. The third kappa shape index (κ3) is 5.87. The molecule has 1 saturated heterocycles. The first-order valence-electron chi connectivity index (χ1n) is 12.0. The first-order valence-corrected chi connectivity index (χ1v) is 12.0. The minimum Gasteiger partial charge on any atom is -0.494 e. The Morgan fingerprint density at radius 2 is 1.86 bits per heavy atom. The Labute approximate surface area is 216 Å². The van der Waals surface area contributed by atoms with Gasteiger partial charge in [0.05, 0.1) is 29.9 Å². The number of ether oxygens (including phenoxy) is 1. The maximum absolute atomic E-state index is 12.2. The summed E-state index contributed by atoms with van der Waals surface area (Å²) in [7, 11) is 5.54. The molecule has 2 aromatic carbocycles. The van der Waals surface area contributed by atoms with Gasteiger partial charge in [-0.05, 0) is 25.3 Å². The average molecular weight is 501 g/mol. The third-order valence-corrected chi connectivity index (χ3v) is 6.31. The fraction of sp³-hybridized carbons (Fsp3) is 0.259. The van der Waals surface area contributed by atoms with Crippen LogP contribution in [0.5, 0.6) is 5.75 Å². The number of rotatable bonds is 9. The van der Waals surface area contributed by atoms with Gasteiger partial charge in [-0.15, -0.1) is 0 Å². The molecule has 10 nitrogen and oxygen atoms in total. The summed E-state index contributed by atoms with van der Waals surface area (Å²) in [6, 6.07) is 11.4. The molecular weight excluding hydrogens is 468 g/mol. The second kappa shape index (κ2) is 11.5. The quantitative estimate of drug-likeness (QED) is 0.259. The second-order valence-electron chi connectivity index (χ2n) is 8.66. The van der Waals surface area contributed by atoms with Crippen molar-refractivity contribution in [1.82, 2.24) is 14.9 Å². The molecule has 1 aliphatic rings. The van der Waals surface area contributed by atoms with Gasteiger partial charge in [0.1, 0.15) is 17.9 Å². The van der Waals surface area contributed by atoms with Crippen molar-refractivity contribution in [3.8, 4) is 17.0 Å². The molecule has 1 aliphatic heterocycles. The van der Waals surface area contributed by atoms with E-state index >= 15 is 0 Å². The molecule has 0 saturated carbocycles. The summed E-state index contributed by atoms with van der Waals surface area (Å²) in [5.41, 5.74) is 5.44. The van der Waals surface area contributed by atoms with Crippen LogP contribution in [0.3, 0.4) is 0 Å². The SMILES string of the molecule is C=CC(=O)Nc1cc(Nc2cc(-c3ccc(C=N)c(NC)c3)ncn2)c(OC)cc1N1CCN(C)CC1. The summed E-state index contributed by atoms with van der Waals surface area (Å²) in [5, 5.41) is 16.9. The number of carbonyl (C=O) groups excluding carboxylic acids is 1. The van der Waals surface area contributed by atoms with Crippen LogP contribution < -0.4 is 25.6 Å². The number of amides is 1. The van der Waals surface area contributed by atoms with Gasteiger partial charge in [-0.1, -0.05) is 18.7 Å².